The van der Waals surface area contributed by atoms with Crippen LogP contribution in [-0.4, -0.2) is 36.2 Å². The van der Waals surface area contributed by atoms with E-state index in [-0.39, 0.29) is 11.6 Å². The maximum Gasteiger partial charge on any atom is 0.118 e. The predicted octanol–water partition coefficient (Wildman–Crippen LogP) is 0.619. The summed E-state index contributed by atoms with van der Waals surface area (Å²) in [6.45, 7) is 7.02. The van der Waals surface area contributed by atoms with E-state index in [4.69, 9.17) is 17.2 Å². The minimum absolute atomic E-state index is 0.170. The molecule has 0 radical (unpaired) electrons. The summed E-state index contributed by atoms with van der Waals surface area (Å²) in [6, 6.07) is 0. The molecular weight excluding hydrogens is 266 g/mol. The standard InChI is InChI=1S/C15H27N5O/c1-3-4-5-12(11(2)21)13(16)10-14(15(17)18)20-8-6-19-7-9-20/h4-5,10,19,21H,3,6-9,16-18H2,1-2H3/b5-4-,12-11-,13-10-. The van der Waals surface area contributed by atoms with Crippen LogP contribution >= 0.6 is 0 Å². The summed E-state index contributed by atoms with van der Waals surface area (Å²) < 4.78 is 0. The van der Waals surface area contributed by atoms with Crippen LogP contribution in [0.25, 0.3) is 0 Å². The first-order valence-electron chi connectivity index (χ1n) is 7.22. The molecule has 0 bridgehead atoms. The van der Waals surface area contributed by atoms with E-state index in [0.29, 0.717) is 17.0 Å². The number of hydrogen-bond donors (Lipinski definition) is 5. The Labute approximate surface area is 126 Å². The summed E-state index contributed by atoms with van der Waals surface area (Å²) in [5, 5.41) is 13.0. The van der Waals surface area contributed by atoms with Crippen molar-refractivity contribution >= 4 is 0 Å². The third-order valence-corrected chi connectivity index (χ3v) is 3.27. The second kappa shape index (κ2) is 8.26. The molecule has 1 aliphatic rings. The minimum atomic E-state index is 0.170. The molecule has 1 rings (SSSR count). The molecule has 1 fully saturated rings. The highest BCUT2D eigenvalue weighted by atomic mass is 16.3. The van der Waals surface area contributed by atoms with Crippen LogP contribution in [0, 0.1) is 0 Å². The van der Waals surface area contributed by atoms with Crippen molar-refractivity contribution in [3.05, 3.63) is 46.8 Å². The van der Waals surface area contributed by atoms with Gasteiger partial charge in [0.15, 0.2) is 0 Å². The topological polar surface area (TPSA) is 114 Å². The summed E-state index contributed by atoms with van der Waals surface area (Å²) in [5.74, 6) is 0.401. The summed E-state index contributed by atoms with van der Waals surface area (Å²) in [6.07, 6.45) is 6.35. The van der Waals surface area contributed by atoms with Crippen molar-refractivity contribution < 1.29 is 5.11 Å². The number of rotatable bonds is 5. The molecule has 0 aromatic rings. The monoisotopic (exact) mass is 293 g/mol. The molecule has 6 heteroatoms. The van der Waals surface area contributed by atoms with Crippen LogP contribution in [0.5, 0.6) is 0 Å². The molecule has 0 amide bonds. The number of nitrogens with two attached hydrogens (primary N) is 3. The van der Waals surface area contributed by atoms with Crippen molar-refractivity contribution in [3.8, 4) is 0 Å². The van der Waals surface area contributed by atoms with E-state index in [2.05, 4.69) is 10.2 Å². The van der Waals surface area contributed by atoms with E-state index < -0.39 is 0 Å². The number of nitrogens with one attached hydrogen (secondary N) is 1. The minimum Gasteiger partial charge on any atom is -0.512 e. The highest BCUT2D eigenvalue weighted by Crippen LogP contribution is 2.16. The van der Waals surface area contributed by atoms with Gasteiger partial charge in [-0.2, -0.15) is 0 Å². The van der Waals surface area contributed by atoms with Crippen molar-refractivity contribution in [3.63, 3.8) is 0 Å². The van der Waals surface area contributed by atoms with E-state index in [1.165, 1.54) is 0 Å². The average molecular weight is 293 g/mol. The molecule has 0 saturated carbocycles. The fourth-order valence-corrected chi connectivity index (χ4v) is 2.15. The summed E-state index contributed by atoms with van der Waals surface area (Å²) in [4.78, 5) is 2.09. The largest absolute Gasteiger partial charge is 0.512 e. The second-order valence-corrected chi connectivity index (χ2v) is 4.99. The zero-order valence-corrected chi connectivity index (χ0v) is 12.9. The van der Waals surface area contributed by atoms with E-state index in [9.17, 15) is 5.11 Å². The van der Waals surface area contributed by atoms with E-state index in [1.807, 2.05) is 19.1 Å². The fourth-order valence-electron chi connectivity index (χ4n) is 2.15. The first kappa shape index (κ1) is 17.0. The van der Waals surface area contributed by atoms with Crippen LogP contribution in [0.3, 0.4) is 0 Å². The Morgan fingerprint density at radius 1 is 1.24 bits per heavy atom. The molecule has 0 unspecified atom stereocenters. The molecule has 0 aromatic carbocycles. The van der Waals surface area contributed by atoms with Gasteiger partial charge < -0.3 is 32.5 Å². The zero-order valence-electron chi connectivity index (χ0n) is 12.9. The molecule has 8 N–H and O–H groups in total. The van der Waals surface area contributed by atoms with Gasteiger partial charge in [0, 0.05) is 37.4 Å². The van der Waals surface area contributed by atoms with Crippen molar-refractivity contribution in [2.45, 2.75) is 20.3 Å². The molecule has 0 aromatic heterocycles. The van der Waals surface area contributed by atoms with Gasteiger partial charge >= 0.3 is 0 Å². The fraction of sp³-hybridized carbons (Fsp3) is 0.467. The first-order chi connectivity index (χ1) is 9.97. The first-order valence-corrected chi connectivity index (χ1v) is 7.22. The molecule has 6 nitrogen and oxygen atoms in total. The Morgan fingerprint density at radius 2 is 1.86 bits per heavy atom. The van der Waals surface area contributed by atoms with Gasteiger partial charge in [-0.1, -0.05) is 19.1 Å². The van der Waals surface area contributed by atoms with Crippen LogP contribution in [0.1, 0.15) is 20.3 Å². The van der Waals surface area contributed by atoms with Crippen LogP contribution in [0.15, 0.2) is 46.8 Å². The van der Waals surface area contributed by atoms with Crippen molar-refractivity contribution in [1.29, 1.82) is 0 Å². The number of allylic oxidation sites excluding steroid dienone is 4. The lowest BCUT2D eigenvalue weighted by Gasteiger charge is -2.31. The Hall–Kier alpha value is -2.08. The molecule has 1 saturated heterocycles. The van der Waals surface area contributed by atoms with Crippen molar-refractivity contribution in [2.24, 2.45) is 17.2 Å². The highest BCUT2D eigenvalue weighted by Gasteiger charge is 2.15. The van der Waals surface area contributed by atoms with Gasteiger partial charge in [-0.3, -0.25) is 0 Å². The van der Waals surface area contributed by atoms with Gasteiger partial charge in [0.1, 0.15) is 5.82 Å². The van der Waals surface area contributed by atoms with Crippen LogP contribution in [-0.2, 0) is 0 Å². The molecule has 0 spiro atoms. The van der Waals surface area contributed by atoms with E-state index in [0.717, 1.165) is 32.6 Å². The van der Waals surface area contributed by atoms with Gasteiger partial charge in [0.25, 0.3) is 0 Å². The molecule has 21 heavy (non-hydrogen) atoms. The maximum atomic E-state index is 9.78. The zero-order chi connectivity index (χ0) is 15.8. The normalized spacial score (nSPS) is 17.8. The number of aliphatic hydroxyl groups excluding tert-OH is 1. The van der Waals surface area contributed by atoms with E-state index in [1.54, 1.807) is 13.0 Å². The Kier molecular flexibility index (Phi) is 6.68. The van der Waals surface area contributed by atoms with Crippen molar-refractivity contribution in [1.82, 2.24) is 10.2 Å². The third-order valence-electron chi connectivity index (χ3n) is 3.27. The molecule has 1 heterocycles. The summed E-state index contributed by atoms with van der Waals surface area (Å²) >= 11 is 0. The van der Waals surface area contributed by atoms with Crippen LogP contribution < -0.4 is 22.5 Å². The van der Waals surface area contributed by atoms with Crippen LogP contribution in [0.2, 0.25) is 0 Å². The summed E-state index contributed by atoms with van der Waals surface area (Å²) in [5.41, 5.74) is 19.4. The smallest absolute Gasteiger partial charge is 0.118 e. The van der Waals surface area contributed by atoms with E-state index >= 15 is 0 Å². The number of nitrogens with zero attached hydrogens (tertiary/aromatic N) is 1. The van der Waals surface area contributed by atoms with Gasteiger partial charge in [0.05, 0.1) is 11.5 Å². The van der Waals surface area contributed by atoms with Crippen molar-refractivity contribution in [2.75, 3.05) is 26.2 Å². The lowest BCUT2D eigenvalue weighted by Crippen LogP contribution is -2.44. The lowest BCUT2D eigenvalue weighted by molar-refractivity contribution is 0.304. The number of piperazine rings is 1. The number of aliphatic hydroxyl groups is 1. The molecule has 0 aliphatic carbocycles. The van der Waals surface area contributed by atoms with Gasteiger partial charge in [-0.05, 0) is 19.4 Å². The Balaban J connectivity index is 3.07. The Morgan fingerprint density at radius 3 is 2.33 bits per heavy atom. The maximum absolute atomic E-state index is 9.78. The Bertz CT molecular complexity index is 462. The quantitative estimate of drug-likeness (QED) is 0.375. The second-order valence-electron chi connectivity index (χ2n) is 4.99. The molecule has 0 atom stereocenters. The SMILES string of the molecule is CC\C=C/C(C(/N)=C/C(=C(N)N)N1CCNCC1)=C(\C)O. The summed E-state index contributed by atoms with van der Waals surface area (Å²) in [7, 11) is 0. The molecule has 118 valence electrons. The average Bonchev–Trinajstić information content (AvgIpc) is 2.45. The lowest BCUT2D eigenvalue weighted by atomic mass is 10.1. The predicted molar refractivity (Wildman–Crippen MR) is 86.9 cm³/mol. The molecule has 1 aliphatic heterocycles. The van der Waals surface area contributed by atoms with Gasteiger partial charge in [-0.15, -0.1) is 0 Å². The highest BCUT2D eigenvalue weighted by molar-refractivity contribution is 5.43. The third kappa shape index (κ3) is 5.07. The van der Waals surface area contributed by atoms with Gasteiger partial charge in [0.2, 0.25) is 0 Å². The molecular formula is C15H27N5O. The van der Waals surface area contributed by atoms with Gasteiger partial charge in [-0.25, -0.2) is 0 Å². The van der Waals surface area contributed by atoms with Crippen LogP contribution in [0.4, 0.5) is 0 Å². The number of hydrogen-bond acceptors (Lipinski definition) is 6.